The number of rotatable bonds is 3. The fourth-order valence-corrected chi connectivity index (χ4v) is 3.24. The smallest absolute Gasteiger partial charge is 0.191 e. The van der Waals surface area contributed by atoms with Gasteiger partial charge in [-0.25, -0.2) is 8.42 Å². The van der Waals surface area contributed by atoms with Gasteiger partial charge in [0.2, 0.25) is 0 Å². The Bertz CT molecular complexity index is 425. The molecule has 0 atom stereocenters. The lowest BCUT2D eigenvalue weighted by molar-refractivity contribution is 0.274. The lowest BCUT2D eigenvalue weighted by Crippen LogP contribution is -2.45. The lowest BCUT2D eigenvalue weighted by atomic mass is 10.4. The van der Waals surface area contributed by atoms with Gasteiger partial charge in [-0.3, -0.25) is 4.90 Å². The molecule has 5 heteroatoms. The SMILES string of the molecule is O=S(=O)(CN1CCNCC1)c1ccccc1. The third-order valence-corrected chi connectivity index (χ3v) is 4.36. The van der Waals surface area contributed by atoms with Gasteiger partial charge in [0.15, 0.2) is 9.84 Å². The molecule has 1 aliphatic rings. The van der Waals surface area contributed by atoms with E-state index < -0.39 is 9.84 Å². The molecule has 1 aromatic carbocycles. The van der Waals surface area contributed by atoms with Crippen LogP contribution in [0.3, 0.4) is 0 Å². The maximum atomic E-state index is 12.0. The Labute approximate surface area is 96.2 Å². The van der Waals surface area contributed by atoms with Gasteiger partial charge in [0.05, 0.1) is 4.90 Å². The van der Waals surface area contributed by atoms with Crippen molar-refractivity contribution in [3.63, 3.8) is 0 Å². The van der Waals surface area contributed by atoms with E-state index in [1.54, 1.807) is 24.3 Å². The molecule has 2 rings (SSSR count). The molecule has 0 amide bonds. The van der Waals surface area contributed by atoms with Gasteiger partial charge < -0.3 is 5.32 Å². The van der Waals surface area contributed by atoms with E-state index in [1.165, 1.54) is 0 Å². The quantitative estimate of drug-likeness (QED) is 0.827. The van der Waals surface area contributed by atoms with Gasteiger partial charge in [-0.2, -0.15) is 0 Å². The number of sulfone groups is 1. The molecular weight excluding hydrogens is 224 g/mol. The van der Waals surface area contributed by atoms with Crippen LogP contribution in [0.2, 0.25) is 0 Å². The zero-order chi connectivity index (χ0) is 11.4. The predicted octanol–water partition coefficient (Wildman–Crippen LogP) is 0.323. The van der Waals surface area contributed by atoms with Crippen LogP contribution >= 0.6 is 0 Å². The van der Waals surface area contributed by atoms with Gasteiger partial charge in [-0.15, -0.1) is 0 Å². The maximum absolute atomic E-state index is 12.0. The third-order valence-electron chi connectivity index (χ3n) is 2.66. The zero-order valence-corrected chi connectivity index (χ0v) is 9.91. The van der Waals surface area contributed by atoms with Crippen LogP contribution in [0.25, 0.3) is 0 Å². The maximum Gasteiger partial charge on any atom is 0.191 e. The topological polar surface area (TPSA) is 49.4 Å². The number of benzene rings is 1. The van der Waals surface area contributed by atoms with Gasteiger partial charge in [0, 0.05) is 26.2 Å². The number of nitrogens with one attached hydrogen (secondary N) is 1. The summed E-state index contributed by atoms with van der Waals surface area (Å²) in [4.78, 5) is 2.38. The van der Waals surface area contributed by atoms with E-state index in [0.717, 1.165) is 26.2 Å². The van der Waals surface area contributed by atoms with Gasteiger partial charge in [0.1, 0.15) is 5.88 Å². The highest BCUT2D eigenvalue weighted by molar-refractivity contribution is 7.91. The van der Waals surface area contributed by atoms with E-state index in [4.69, 9.17) is 0 Å². The molecule has 0 aromatic heterocycles. The first-order valence-corrected chi connectivity index (χ1v) is 7.04. The monoisotopic (exact) mass is 240 g/mol. The highest BCUT2D eigenvalue weighted by atomic mass is 32.2. The Hall–Kier alpha value is -0.910. The molecule has 1 N–H and O–H groups in total. The first-order chi connectivity index (χ1) is 7.68. The standard InChI is InChI=1S/C11H16N2O2S/c14-16(15,11-4-2-1-3-5-11)10-13-8-6-12-7-9-13/h1-5,12H,6-10H2. The summed E-state index contributed by atoms with van der Waals surface area (Å²) in [5.41, 5.74) is 0. The molecule has 0 saturated carbocycles. The molecule has 0 unspecified atom stereocenters. The molecule has 1 saturated heterocycles. The molecule has 1 aromatic rings. The molecule has 1 fully saturated rings. The van der Waals surface area contributed by atoms with Crippen molar-refractivity contribution < 1.29 is 8.42 Å². The van der Waals surface area contributed by atoms with Crippen molar-refractivity contribution in [1.82, 2.24) is 10.2 Å². The summed E-state index contributed by atoms with van der Waals surface area (Å²) >= 11 is 0. The Morgan fingerprint density at radius 2 is 1.75 bits per heavy atom. The van der Waals surface area contributed by atoms with Crippen LogP contribution in [0.1, 0.15) is 0 Å². The fourth-order valence-electron chi connectivity index (χ4n) is 1.78. The van der Waals surface area contributed by atoms with Crippen LogP contribution in [-0.4, -0.2) is 45.4 Å². The van der Waals surface area contributed by atoms with Crippen LogP contribution in [0, 0.1) is 0 Å². The Balaban J connectivity index is 2.08. The van der Waals surface area contributed by atoms with Gasteiger partial charge in [0.25, 0.3) is 0 Å². The zero-order valence-electron chi connectivity index (χ0n) is 9.09. The Morgan fingerprint density at radius 3 is 2.38 bits per heavy atom. The minimum absolute atomic E-state index is 0.124. The predicted molar refractivity (Wildman–Crippen MR) is 62.9 cm³/mol. The molecule has 0 radical (unpaired) electrons. The van der Waals surface area contributed by atoms with Crippen LogP contribution in [0.4, 0.5) is 0 Å². The average molecular weight is 240 g/mol. The second kappa shape index (κ2) is 4.95. The summed E-state index contributed by atoms with van der Waals surface area (Å²) in [6, 6.07) is 8.63. The van der Waals surface area contributed by atoms with E-state index >= 15 is 0 Å². The molecule has 1 heterocycles. The third kappa shape index (κ3) is 2.81. The highest BCUT2D eigenvalue weighted by Crippen LogP contribution is 2.11. The molecule has 88 valence electrons. The van der Waals surface area contributed by atoms with E-state index in [-0.39, 0.29) is 5.88 Å². The van der Waals surface area contributed by atoms with Crippen LogP contribution in [0.5, 0.6) is 0 Å². The molecule has 4 nitrogen and oxygen atoms in total. The van der Waals surface area contributed by atoms with Crippen molar-refractivity contribution in [3.8, 4) is 0 Å². The van der Waals surface area contributed by atoms with Gasteiger partial charge >= 0.3 is 0 Å². The minimum atomic E-state index is -3.16. The fraction of sp³-hybridized carbons (Fsp3) is 0.455. The molecule has 0 spiro atoms. The van der Waals surface area contributed by atoms with Crippen molar-refractivity contribution in [1.29, 1.82) is 0 Å². The summed E-state index contributed by atoms with van der Waals surface area (Å²) in [5.74, 6) is 0.124. The summed E-state index contributed by atoms with van der Waals surface area (Å²) < 4.78 is 24.1. The van der Waals surface area contributed by atoms with Gasteiger partial charge in [-0.1, -0.05) is 18.2 Å². The second-order valence-corrected chi connectivity index (χ2v) is 5.88. The van der Waals surface area contributed by atoms with E-state index in [0.29, 0.717) is 4.90 Å². The molecular formula is C11H16N2O2S. The van der Waals surface area contributed by atoms with E-state index in [2.05, 4.69) is 5.32 Å². The largest absolute Gasteiger partial charge is 0.314 e. The van der Waals surface area contributed by atoms with Crippen molar-refractivity contribution in [2.45, 2.75) is 4.90 Å². The van der Waals surface area contributed by atoms with Crippen molar-refractivity contribution in [2.75, 3.05) is 32.1 Å². The van der Waals surface area contributed by atoms with E-state index in [1.807, 2.05) is 11.0 Å². The number of piperazine rings is 1. The van der Waals surface area contributed by atoms with Crippen LogP contribution < -0.4 is 5.32 Å². The number of hydrogen-bond donors (Lipinski definition) is 1. The lowest BCUT2D eigenvalue weighted by Gasteiger charge is -2.26. The average Bonchev–Trinajstić information content (AvgIpc) is 2.31. The highest BCUT2D eigenvalue weighted by Gasteiger charge is 2.19. The van der Waals surface area contributed by atoms with Crippen molar-refractivity contribution >= 4 is 9.84 Å². The molecule has 0 bridgehead atoms. The summed E-state index contributed by atoms with van der Waals surface area (Å²) in [5, 5.41) is 3.20. The van der Waals surface area contributed by atoms with Crippen molar-refractivity contribution in [3.05, 3.63) is 30.3 Å². The van der Waals surface area contributed by atoms with Gasteiger partial charge in [-0.05, 0) is 12.1 Å². The second-order valence-electron chi connectivity index (χ2n) is 3.92. The van der Waals surface area contributed by atoms with Crippen LogP contribution in [-0.2, 0) is 9.84 Å². The van der Waals surface area contributed by atoms with Crippen molar-refractivity contribution in [2.24, 2.45) is 0 Å². The Morgan fingerprint density at radius 1 is 1.12 bits per heavy atom. The normalized spacial score (nSPS) is 18.5. The van der Waals surface area contributed by atoms with E-state index in [9.17, 15) is 8.42 Å². The molecule has 16 heavy (non-hydrogen) atoms. The molecule has 0 aliphatic carbocycles. The number of nitrogens with zero attached hydrogens (tertiary/aromatic N) is 1. The summed E-state index contributed by atoms with van der Waals surface area (Å²) in [7, 11) is -3.16. The number of hydrogen-bond acceptors (Lipinski definition) is 4. The van der Waals surface area contributed by atoms with Crippen LogP contribution in [0.15, 0.2) is 35.2 Å². The summed E-state index contributed by atoms with van der Waals surface area (Å²) in [6.07, 6.45) is 0. The Kier molecular flexibility index (Phi) is 3.58. The summed E-state index contributed by atoms with van der Waals surface area (Å²) in [6.45, 7) is 3.33. The first kappa shape index (κ1) is 11.6. The first-order valence-electron chi connectivity index (χ1n) is 5.39. The molecule has 1 aliphatic heterocycles. The minimum Gasteiger partial charge on any atom is -0.314 e.